The number of rotatable bonds is 5. The lowest BCUT2D eigenvalue weighted by molar-refractivity contribution is -0.140. The largest absolute Gasteiger partial charge is 0.748 e. The molecule has 0 heterocycles. The molecule has 0 aromatic heterocycles. The van der Waals surface area contributed by atoms with E-state index in [1.807, 2.05) is 0 Å². The highest BCUT2D eigenvalue weighted by atomic mass is 32.2. The minimum Gasteiger partial charge on any atom is -0.748 e. The fourth-order valence-electron chi connectivity index (χ4n) is 0.521. The smallest absolute Gasteiger partial charge is 0.330 e. The van der Waals surface area contributed by atoms with Crippen molar-refractivity contribution in [3.8, 4) is 0 Å². The van der Waals surface area contributed by atoms with Crippen LogP contribution < -0.4 is 0 Å². The van der Waals surface area contributed by atoms with E-state index in [2.05, 4.69) is 11.3 Å². The standard InChI is InChI=1S/C6H10O6S/c1-2-6(8)12-3-5(7)4-13(9,10)11/h2,5,7H,1,3-4H2,(H,9,10,11)/p-1. The van der Waals surface area contributed by atoms with Crippen LogP contribution in [0.15, 0.2) is 12.7 Å². The van der Waals surface area contributed by atoms with Crippen molar-refractivity contribution in [3.05, 3.63) is 12.7 Å². The van der Waals surface area contributed by atoms with E-state index in [9.17, 15) is 17.8 Å². The van der Waals surface area contributed by atoms with E-state index in [1.54, 1.807) is 0 Å². The van der Waals surface area contributed by atoms with E-state index in [0.717, 1.165) is 6.08 Å². The van der Waals surface area contributed by atoms with E-state index < -0.39 is 34.6 Å². The first-order valence-corrected chi connectivity index (χ1v) is 4.83. The lowest BCUT2D eigenvalue weighted by Gasteiger charge is -2.12. The molecule has 0 aliphatic carbocycles. The molecule has 0 saturated carbocycles. The lowest BCUT2D eigenvalue weighted by atomic mass is 10.4. The van der Waals surface area contributed by atoms with Crippen LogP contribution in [0.5, 0.6) is 0 Å². The zero-order chi connectivity index (χ0) is 10.5. The zero-order valence-electron chi connectivity index (χ0n) is 6.67. The Morgan fingerprint density at radius 1 is 1.69 bits per heavy atom. The average Bonchev–Trinajstić information content (AvgIpc) is 1.97. The summed E-state index contributed by atoms with van der Waals surface area (Å²) in [5.41, 5.74) is 0. The molecule has 1 N–H and O–H groups in total. The quantitative estimate of drug-likeness (QED) is 0.340. The molecule has 0 aromatic rings. The van der Waals surface area contributed by atoms with Gasteiger partial charge < -0.3 is 14.4 Å². The Hall–Kier alpha value is -0.920. The molecule has 0 bridgehead atoms. The summed E-state index contributed by atoms with van der Waals surface area (Å²) >= 11 is 0. The SMILES string of the molecule is C=CC(=O)OCC(O)CS(=O)(=O)[O-]. The summed E-state index contributed by atoms with van der Waals surface area (Å²) in [5, 5.41) is 8.84. The molecule has 7 heteroatoms. The molecular weight excluding hydrogens is 200 g/mol. The van der Waals surface area contributed by atoms with E-state index >= 15 is 0 Å². The molecule has 0 radical (unpaired) electrons. The minimum absolute atomic E-state index is 0.535. The third kappa shape index (κ3) is 7.44. The molecule has 0 amide bonds. The molecule has 0 spiro atoms. The Kier molecular flexibility index (Phi) is 4.60. The van der Waals surface area contributed by atoms with Gasteiger partial charge in [0.15, 0.2) is 0 Å². The Balaban J connectivity index is 3.83. The van der Waals surface area contributed by atoms with Gasteiger partial charge in [0, 0.05) is 6.08 Å². The zero-order valence-corrected chi connectivity index (χ0v) is 7.49. The van der Waals surface area contributed by atoms with Gasteiger partial charge in [-0.25, -0.2) is 13.2 Å². The van der Waals surface area contributed by atoms with Gasteiger partial charge in [-0.2, -0.15) is 0 Å². The monoisotopic (exact) mass is 209 g/mol. The summed E-state index contributed by atoms with van der Waals surface area (Å²) < 4.78 is 34.5. The van der Waals surface area contributed by atoms with Crippen LogP contribution in [0.2, 0.25) is 0 Å². The van der Waals surface area contributed by atoms with E-state index in [1.165, 1.54) is 0 Å². The van der Waals surface area contributed by atoms with Crippen LogP contribution in [0, 0.1) is 0 Å². The van der Waals surface area contributed by atoms with Crippen molar-refractivity contribution in [2.45, 2.75) is 6.10 Å². The average molecular weight is 209 g/mol. The second-order valence-corrected chi connectivity index (χ2v) is 3.66. The van der Waals surface area contributed by atoms with Gasteiger partial charge in [-0.05, 0) is 0 Å². The Morgan fingerprint density at radius 3 is 2.62 bits per heavy atom. The fraction of sp³-hybridized carbons (Fsp3) is 0.500. The molecular formula is C6H9O6S-. The topological polar surface area (TPSA) is 104 Å². The van der Waals surface area contributed by atoms with Crippen molar-refractivity contribution in [1.82, 2.24) is 0 Å². The highest BCUT2D eigenvalue weighted by Gasteiger charge is 2.10. The summed E-state index contributed by atoms with van der Waals surface area (Å²) in [6.45, 7) is 2.54. The van der Waals surface area contributed by atoms with Gasteiger partial charge >= 0.3 is 5.97 Å². The fourth-order valence-corrected chi connectivity index (χ4v) is 1.09. The molecule has 0 aromatic carbocycles. The van der Waals surface area contributed by atoms with Gasteiger partial charge in [0.05, 0.1) is 15.9 Å². The van der Waals surface area contributed by atoms with Crippen molar-refractivity contribution in [1.29, 1.82) is 0 Å². The first-order valence-electron chi connectivity index (χ1n) is 3.26. The normalized spacial score (nSPS) is 13.4. The Labute approximate surface area is 75.6 Å². The molecule has 0 aliphatic heterocycles. The molecule has 1 unspecified atom stereocenters. The van der Waals surface area contributed by atoms with Gasteiger partial charge in [-0.15, -0.1) is 0 Å². The maximum Gasteiger partial charge on any atom is 0.330 e. The van der Waals surface area contributed by atoms with Crippen LogP contribution in [-0.4, -0.2) is 42.5 Å². The molecule has 0 fully saturated rings. The summed E-state index contributed by atoms with van der Waals surface area (Å²) in [7, 11) is -4.50. The van der Waals surface area contributed by atoms with Crippen molar-refractivity contribution < 1.29 is 27.6 Å². The Bertz CT molecular complexity index is 279. The van der Waals surface area contributed by atoms with E-state index in [-0.39, 0.29) is 0 Å². The van der Waals surface area contributed by atoms with E-state index in [0.29, 0.717) is 0 Å². The van der Waals surface area contributed by atoms with Crippen molar-refractivity contribution in [2.75, 3.05) is 12.4 Å². The molecule has 76 valence electrons. The van der Waals surface area contributed by atoms with Crippen LogP contribution in [0.4, 0.5) is 0 Å². The number of hydrogen-bond acceptors (Lipinski definition) is 6. The van der Waals surface area contributed by atoms with Gasteiger partial charge in [-0.1, -0.05) is 6.58 Å². The molecule has 1 atom stereocenters. The summed E-state index contributed by atoms with van der Waals surface area (Å²) in [5.74, 6) is -1.76. The van der Waals surface area contributed by atoms with Gasteiger partial charge in [0.1, 0.15) is 12.7 Å². The number of hydrogen-bond donors (Lipinski definition) is 1. The van der Waals surface area contributed by atoms with Crippen molar-refractivity contribution >= 4 is 16.1 Å². The molecule has 0 saturated heterocycles. The Morgan fingerprint density at radius 2 is 2.23 bits per heavy atom. The minimum atomic E-state index is -4.50. The number of carbonyl (C=O) groups excluding carboxylic acids is 1. The summed E-state index contributed by atoms with van der Waals surface area (Å²) in [6, 6.07) is 0. The predicted molar refractivity (Wildman–Crippen MR) is 41.7 cm³/mol. The van der Waals surface area contributed by atoms with Crippen LogP contribution in [0.25, 0.3) is 0 Å². The van der Waals surface area contributed by atoms with Crippen LogP contribution in [-0.2, 0) is 19.6 Å². The second kappa shape index (κ2) is 4.95. The second-order valence-electron chi connectivity index (χ2n) is 2.21. The predicted octanol–water partition coefficient (Wildman–Crippen LogP) is -1.38. The third-order valence-electron chi connectivity index (χ3n) is 0.981. The molecule has 0 rings (SSSR count). The number of aliphatic hydroxyl groups is 1. The van der Waals surface area contributed by atoms with E-state index in [4.69, 9.17) is 5.11 Å². The number of ether oxygens (including phenoxy) is 1. The highest BCUT2D eigenvalue weighted by Crippen LogP contribution is 1.92. The maximum absolute atomic E-state index is 10.4. The number of carbonyl (C=O) groups is 1. The maximum atomic E-state index is 10.4. The van der Waals surface area contributed by atoms with Crippen LogP contribution in [0.3, 0.4) is 0 Å². The van der Waals surface area contributed by atoms with Crippen LogP contribution >= 0.6 is 0 Å². The summed E-state index contributed by atoms with van der Waals surface area (Å²) in [6.07, 6.45) is -0.635. The van der Waals surface area contributed by atoms with Gasteiger partial charge in [0.2, 0.25) is 0 Å². The van der Waals surface area contributed by atoms with Gasteiger partial charge in [0.25, 0.3) is 0 Å². The first-order chi connectivity index (χ1) is 5.85. The summed E-state index contributed by atoms with van der Waals surface area (Å²) in [4.78, 5) is 10.4. The number of esters is 1. The van der Waals surface area contributed by atoms with Gasteiger partial charge in [-0.3, -0.25) is 0 Å². The van der Waals surface area contributed by atoms with Crippen LogP contribution in [0.1, 0.15) is 0 Å². The molecule has 0 aliphatic rings. The highest BCUT2D eigenvalue weighted by molar-refractivity contribution is 7.85. The molecule has 6 nitrogen and oxygen atoms in total. The number of aliphatic hydroxyl groups excluding tert-OH is 1. The lowest BCUT2D eigenvalue weighted by Crippen LogP contribution is -2.26. The third-order valence-corrected chi connectivity index (χ3v) is 1.77. The molecule has 13 heavy (non-hydrogen) atoms. The van der Waals surface area contributed by atoms with Crippen molar-refractivity contribution in [3.63, 3.8) is 0 Å². The van der Waals surface area contributed by atoms with Crippen molar-refractivity contribution in [2.24, 2.45) is 0 Å². The first kappa shape index (κ1) is 12.1.